The van der Waals surface area contributed by atoms with Crippen molar-refractivity contribution in [2.75, 3.05) is 25.0 Å². The molecule has 0 aliphatic carbocycles. The second kappa shape index (κ2) is 7.74. The van der Waals surface area contributed by atoms with Gasteiger partial charge in [0.2, 0.25) is 5.91 Å². The number of aromatic nitrogens is 1. The number of carbonyl (C=O) groups is 1. The molecular formula is C21H22FN3OS. The van der Waals surface area contributed by atoms with E-state index in [2.05, 4.69) is 16.3 Å². The lowest BCUT2D eigenvalue weighted by molar-refractivity contribution is -0.117. The average molecular weight is 383 g/mol. The number of benzene rings is 2. The number of carbonyl (C=O) groups excluding carboxylic acids is 1. The summed E-state index contributed by atoms with van der Waals surface area (Å²) in [5.74, 6) is -0.0503. The second-order valence-corrected chi connectivity index (χ2v) is 8.17. The minimum absolute atomic E-state index is 0.108. The Morgan fingerprint density at radius 3 is 3.00 bits per heavy atom. The number of thiazole rings is 1. The van der Waals surface area contributed by atoms with Gasteiger partial charge >= 0.3 is 0 Å². The van der Waals surface area contributed by atoms with E-state index in [1.165, 1.54) is 10.8 Å². The summed E-state index contributed by atoms with van der Waals surface area (Å²) >= 11 is 1.75. The van der Waals surface area contributed by atoms with Crippen LogP contribution < -0.4 is 5.32 Å². The van der Waals surface area contributed by atoms with Gasteiger partial charge in [-0.25, -0.2) is 9.37 Å². The highest BCUT2D eigenvalue weighted by Gasteiger charge is 2.25. The fourth-order valence-electron chi connectivity index (χ4n) is 3.54. The number of piperidine rings is 1. The van der Waals surface area contributed by atoms with Crippen LogP contribution in [-0.2, 0) is 4.79 Å². The quantitative estimate of drug-likeness (QED) is 0.718. The number of anilines is 1. The van der Waals surface area contributed by atoms with E-state index in [1.807, 2.05) is 18.2 Å². The van der Waals surface area contributed by atoms with Gasteiger partial charge in [-0.05, 0) is 56.1 Å². The van der Waals surface area contributed by atoms with E-state index in [0.717, 1.165) is 36.5 Å². The summed E-state index contributed by atoms with van der Waals surface area (Å²) < 4.78 is 14.9. The first-order valence-corrected chi connectivity index (χ1v) is 10.0. The predicted molar refractivity (Wildman–Crippen MR) is 108 cm³/mol. The lowest BCUT2D eigenvalue weighted by atomic mass is 9.99. The topological polar surface area (TPSA) is 45.2 Å². The van der Waals surface area contributed by atoms with Crippen LogP contribution in [0.15, 0.2) is 42.5 Å². The van der Waals surface area contributed by atoms with E-state index in [1.54, 1.807) is 30.4 Å². The lowest BCUT2D eigenvalue weighted by Crippen LogP contribution is -2.39. The summed E-state index contributed by atoms with van der Waals surface area (Å²) in [6, 6.07) is 13.0. The van der Waals surface area contributed by atoms with Gasteiger partial charge in [-0.15, -0.1) is 11.3 Å². The molecule has 1 N–H and O–H groups in total. The Morgan fingerprint density at radius 2 is 2.19 bits per heavy atom. The molecule has 140 valence electrons. The molecule has 1 fully saturated rings. The fraction of sp³-hybridized carbons (Fsp3) is 0.333. The number of nitrogens with zero attached hydrogens (tertiary/aromatic N) is 2. The van der Waals surface area contributed by atoms with Gasteiger partial charge in [0.05, 0.1) is 21.8 Å². The van der Waals surface area contributed by atoms with Crippen LogP contribution in [-0.4, -0.2) is 35.4 Å². The lowest BCUT2D eigenvalue weighted by Gasteiger charge is -2.31. The zero-order valence-electron chi connectivity index (χ0n) is 15.2. The highest BCUT2D eigenvalue weighted by molar-refractivity contribution is 7.18. The van der Waals surface area contributed by atoms with E-state index in [9.17, 15) is 9.18 Å². The molecule has 0 radical (unpaired) electrons. The van der Waals surface area contributed by atoms with Crippen LogP contribution >= 0.6 is 11.3 Å². The molecule has 0 unspecified atom stereocenters. The van der Waals surface area contributed by atoms with Crippen molar-refractivity contribution < 1.29 is 9.18 Å². The van der Waals surface area contributed by atoms with Gasteiger partial charge in [0.15, 0.2) is 0 Å². The molecule has 2 heterocycles. The Bertz CT molecular complexity index is 938. The first kappa shape index (κ1) is 18.1. The molecule has 1 aliphatic rings. The van der Waals surface area contributed by atoms with E-state index < -0.39 is 0 Å². The number of rotatable bonds is 4. The minimum atomic E-state index is -0.304. The monoisotopic (exact) mass is 383 g/mol. The molecule has 1 amide bonds. The van der Waals surface area contributed by atoms with Gasteiger partial charge in [-0.1, -0.05) is 18.2 Å². The molecule has 3 aromatic rings. The third kappa shape index (κ3) is 4.17. The Kier molecular flexibility index (Phi) is 5.18. The molecule has 6 heteroatoms. The van der Waals surface area contributed by atoms with Gasteiger partial charge in [-0.2, -0.15) is 0 Å². The Labute approximate surface area is 162 Å². The summed E-state index contributed by atoms with van der Waals surface area (Å²) in [6.45, 7) is 3.75. The molecule has 0 saturated carbocycles. The van der Waals surface area contributed by atoms with Crippen LogP contribution in [0.25, 0.3) is 10.2 Å². The third-order valence-electron chi connectivity index (χ3n) is 4.99. The van der Waals surface area contributed by atoms with Crippen LogP contribution in [0.3, 0.4) is 0 Å². The Balaban J connectivity index is 1.39. The predicted octanol–water partition coefficient (Wildman–Crippen LogP) is 4.56. The molecule has 1 aromatic heterocycles. The van der Waals surface area contributed by atoms with Crippen LogP contribution in [0.2, 0.25) is 0 Å². The maximum absolute atomic E-state index is 13.6. The highest BCUT2D eigenvalue weighted by Crippen LogP contribution is 2.32. The number of nitrogens with one attached hydrogen (secondary N) is 1. The van der Waals surface area contributed by atoms with Crippen molar-refractivity contribution >= 4 is 33.1 Å². The molecule has 27 heavy (non-hydrogen) atoms. The van der Waals surface area contributed by atoms with Gasteiger partial charge in [0, 0.05) is 18.2 Å². The van der Waals surface area contributed by atoms with Crippen molar-refractivity contribution in [1.29, 1.82) is 0 Å². The van der Waals surface area contributed by atoms with Crippen LogP contribution in [0.4, 0.5) is 10.1 Å². The molecule has 4 nitrogen and oxygen atoms in total. The smallest absolute Gasteiger partial charge is 0.238 e. The maximum Gasteiger partial charge on any atom is 0.238 e. The third-order valence-corrected chi connectivity index (χ3v) is 6.19. The summed E-state index contributed by atoms with van der Waals surface area (Å²) in [5, 5.41) is 3.95. The zero-order valence-corrected chi connectivity index (χ0v) is 16.1. The van der Waals surface area contributed by atoms with Gasteiger partial charge in [0.25, 0.3) is 0 Å². The number of fused-ring (bicyclic) bond motifs is 1. The summed E-state index contributed by atoms with van der Waals surface area (Å²) in [7, 11) is 0. The normalized spacial score (nSPS) is 17.9. The SMILES string of the molecule is Cc1ccc(NC(=O)CN2CCC[C@H](c3nc4ccccc4s3)C2)cc1F. The average Bonchev–Trinajstić information content (AvgIpc) is 3.09. The van der Waals surface area contributed by atoms with E-state index in [4.69, 9.17) is 4.98 Å². The molecule has 1 saturated heterocycles. The summed E-state index contributed by atoms with van der Waals surface area (Å²) in [6.07, 6.45) is 2.15. The molecule has 4 rings (SSSR count). The largest absolute Gasteiger partial charge is 0.325 e. The Morgan fingerprint density at radius 1 is 1.33 bits per heavy atom. The van der Waals surface area contributed by atoms with Crippen molar-refractivity contribution in [3.05, 3.63) is 58.9 Å². The minimum Gasteiger partial charge on any atom is -0.325 e. The molecule has 2 aromatic carbocycles. The molecular weight excluding hydrogens is 361 g/mol. The second-order valence-electron chi connectivity index (χ2n) is 7.11. The number of hydrogen-bond donors (Lipinski definition) is 1. The first-order chi connectivity index (χ1) is 13.1. The molecule has 1 aliphatic heterocycles. The van der Waals surface area contributed by atoms with Crippen molar-refractivity contribution in [2.45, 2.75) is 25.7 Å². The van der Waals surface area contributed by atoms with Crippen molar-refractivity contribution in [3.63, 3.8) is 0 Å². The van der Waals surface area contributed by atoms with Gasteiger partial charge < -0.3 is 5.32 Å². The number of aryl methyl sites for hydroxylation is 1. The van der Waals surface area contributed by atoms with Crippen molar-refractivity contribution in [2.24, 2.45) is 0 Å². The first-order valence-electron chi connectivity index (χ1n) is 9.22. The molecule has 0 bridgehead atoms. The standard InChI is InChI=1S/C21H22FN3OS/c1-14-8-9-16(11-17(14)22)23-20(26)13-25-10-4-5-15(12-25)21-24-18-6-2-3-7-19(18)27-21/h2-3,6-9,11,15H,4-5,10,12-13H2,1H3,(H,23,26)/t15-/m0/s1. The summed E-state index contributed by atoms with van der Waals surface area (Å²) in [4.78, 5) is 19.3. The number of hydrogen-bond acceptors (Lipinski definition) is 4. The van der Waals surface area contributed by atoms with Crippen LogP contribution in [0.1, 0.15) is 29.3 Å². The fourth-order valence-corrected chi connectivity index (χ4v) is 4.63. The zero-order chi connectivity index (χ0) is 18.8. The highest BCUT2D eigenvalue weighted by atomic mass is 32.1. The number of amides is 1. The summed E-state index contributed by atoms with van der Waals surface area (Å²) in [5.41, 5.74) is 2.12. The molecule has 0 spiro atoms. The van der Waals surface area contributed by atoms with Gasteiger partial charge in [-0.3, -0.25) is 9.69 Å². The van der Waals surface area contributed by atoms with Crippen molar-refractivity contribution in [1.82, 2.24) is 9.88 Å². The number of para-hydroxylation sites is 1. The number of likely N-dealkylation sites (tertiary alicyclic amines) is 1. The van der Waals surface area contributed by atoms with Crippen molar-refractivity contribution in [3.8, 4) is 0 Å². The van der Waals surface area contributed by atoms with E-state index >= 15 is 0 Å². The number of halogens is 1. The van der Waals surface area contributed by atoms with E-state index in [-0.39, 0.29) is 11.7 Å². The Hall–Kier alpha value is -2.31. The van der Waals surface area contributed by atoms with E-state index in [0.29, 0.717) is 23.7 Å². The maximum atomic E-state index is 13.6. The van der Waals surface area contributed by atoms with Crippen LogP contribution in [0.5, 0.6) is 0 Å². The van der Waals surface area contributed by atoms with Gasteiger partial charge in [0.1, 0.15) is 5.82 Å². The van der Waals surface area contributed by atoms with Crippen LogP contribution in [0, 0.1) is 12.7 Å². The molecule has 1 atom stereocenters.